The Morgan fingerprint density at radius 3 is 1.83 bits per heavy atom. The van der Waals surface area contributed by atoms with Crippen LogP contribution in [0.1, 0.15) is 40.0 Å². The number of benzene rings is 2. The van der Waals surface area contributed by atoms with Gasteiger partial charge in [-0.25, -0.2) is 0 Å². The summed E-state index contributed by atoms with van der Waals surface area (Å²) in [5.41, 5.74) is 0. The Balaban J connectivity index is 2.43. The molecule has 2 rings (SSSR count). The van der Waals surface area contributed by atoms with Crippen molar-refractivity contribution in [3.63, 3.8) is 0 Å². The molecule has 23 heavy (non-hydrogen) atoms. The van der Waals surface area contributed by atoms with Gasteiger partial charge in [-0.3, -0.25) is 0 Å². The summed E-state index contributed by atoms with van der Waals surface area (Å²) in [6.07, 6.45) is 3.63. The highest BCUT2D eigenvalue weighted by Crippen LogP contribution is 2.16. The van der Waals surface area contributed by atoms with E-state index in [-0.39, 0.29) is 6.10 Å². The van der Waals surface area contributed by atoms with Crippen molar-refractivity contribution in [2.75, 3.05) is 6.61 Å². The molecule has 0 saturated heterocycles. The third kappa shape index (κ3) is 4.53. The van der Waals surface area contributed by atoms with E-state index in [1.165, 1.54) is 23.2 Å². The van der Waals surface area contributed by atoms with Gasteiger partial charge in [0.25, 0.3) is 0 Å². The van der Waals surface area contributed by atoms with Crippen LogP contribution in [-0.2, 0) is 8.85 Å². The first-order valence-electron chi connectivity index (χ1n) is 8.65. The minimum atomic E-state index is -2.66. The molecule has 0 fully saturated rings. The predicted molar refractivity (Wildman–Crippen MR) is 99.6 cm³/mol. The Labute approximate surface area is 141 Å². The van der Waals surface area contributed by atoms with Crippen molar-refractivity contribution in [1.82, 2.24) is 0 Å². The van der Waals surface area contributed by atoms with E-state index in [0.717, 1.165) is 6.42 Å². The fourth-order valence-corrected chi connectivity index (χ4v) is 6.22. The summed E-state index contributed by atoms with van der Waals surface area (Å²) in [4.78, 5) is 0. The van der Waals surface area contributed by atoms with Crippen molar-refractivity contribution in [3.8, 4) is 0 Å². The average Bonchev–Trinajstić information content (AvgIpc) is 2.61. The summed E-state index contributed by atoms with van der Waals surface area (Å²) in [7, 11) is -2.66. The highest BCUT2D eigenvalue weighted by atomic mass is 28.4. The Morgan fingerprint density at radius 1 is 0.870 bits per heavy atom. The molecule has 0 aromatic heterocycles. The van der Waals surface area contributed by atoms with Gasteiger partial charge in [-0.1, -0.05) is 80.4 Å². The normalized spacial score (nSPS) is 13.0. The molecule has 3 heteroatoms. The predicted octanol–water partition coefficient (Wildman–Crippen LogP) is 3.87. The molecule has 2 aromatic rings. The van der Waals surface area contributed by atoms with Gasteiger partial charge in [0, 0.05) is 12.7 Å². The molecule has 0 aliphatic carbocycles. The van der Waals surface area contributed by atoms with Gasteiger partial charge < -0.3 is 8.85 Å². The van der Waals surface area contributed by atoms with Gasteiger partial charge in [-0.15, -0.1) is 0 Å². The second kappa shape index (κ2) is 9.01. The van der Waals surface area contributed by atoms with E-state index in [9.17, 15) is 0 Å². The molecule has 0 heterocycles. The average molecular weight is 329 g/mol. The lowest BCUT2D eigenvalue weighted by atomic mass is 10.2. The summed E-state index contributed by atoms with van der Waals surface area (Å²) in [5.74, 6) is 0. The monoisotopic (exact) mass is 328 g/mol. The highest BCUT2D eigenvalue weighted by molar-refractivity contribution is 6.92. The summed E-state index contributed by atoms with van der Waals surface area (Å²) < 4.78 is 13.0. The Kier molecular flexibility index (Phi) is 7.03. The summed E-state index contributed by atoms with van der Waals surface area (Å²) in [6.45, 7) is 7.08. The standard InChI is InChI=1S/C20H28O2Si/c1-4-6-13-18(3)22-23(21-5-2,19-14-9-7-10-15-19)20-16-11-8-12-17-20/h7-12,14-18H,4-6,13H2,1-3H3. The highest BCUT2D eigenvalue weighted by Gasteiger charge is 2.43. The molecule has 2 nitrogen and oxygen atoms in total. The van der Waals surface area contributed by atoms with E-state index >= 15 is 0 Å². The molecular formula is C20H28O2Si. The molecule has 0 amide bonds. The third-order valence-electron chi connectivity index (χ3n) is 3.99. The molecule has 1 atom stereocenters. The van der Waals surface area contributed by atoms with E-state index in [0.29, 0.717) is 6.61 Å². The lowest BCUT2D eigenvalue weighted by Gasteiger charge is -2.34. The van der Waals surface area contributed by atoms with Gasteiger partial charge in [0.15, 0.2) is 0 Å². The van der Waals surface area contributed by atoms with E-state index in [1.807, 2.05) is 19.1 Å². The zero-order valence-corrected chi connectivity index (χ0v) is 15.5. The first-order valence-corrected chi connectivity index (χ1v) is 10.5. The summed E-state index contributed by atoms with van der Waals surface area (Å²) in [6, 6.07) is 20.9. The van der Waals surface area contributed by atoms with E-state index in [1.54, 1.807) is 0 Å². The van der Waals surface area contributed by atoms with Crippen LogP contribution in [0.3, 0.4) is 0 Å². The van der Waals surface area contributed by atoms with E-state index in [4.69, 9.17) is 8.85 Å². The van der Waals surface area contributed by atoms with Gasteiger partial charge in [0.1, 0.15) is 0 Å². The van der Waals surface area contributed by atoms with Gasteiger partial charge >= 0.3 is 8.56 Å². The van der Waals surface area contributed by atoms with Crippen LogP contribution in [-0.4, -0.2) is 21.3 Å². The fourth-order valence-electron chi connectivity index (χ4n) is 2.86. The number of hydrogen-bond donors (Lipinski definition) is 0. The lowest BCUT2D eigenvalue weighted by molar-refractivity contribution is 0.138. The van der Waals surface area contributed by atoms with E-state index < -0.39 is 8.56 Å². The molecule has 0 N–H and O–H groups in total. The van der Waals surface area contributed by atoms with Crippen LogP contribution < -0.4 is 10.4 Å². The van der Waals surface area contributed by atoms with Crippen LogP contribution in [0.5, 0.6) is 0 Å². The molecule has 0 aliphatic heterocycles. The number of unbranched alkanes of at least 4 members (excludes halogenated alkanes) is 1. The van der Waals surface area contributed by atoms with Crippen LogP contribution in [0.2, 0.25) is 0 Å². The molecule has 0 aliphatic rings. The minimum Gasteiger partial charge on any atom is -0.388 e. The van der Waals surface area contributed by atoms with Crippen molar-refractivity contribution in [2.45, 2.75) is 46.1 Å². The SMILES string of the molecule is CCCCC(C)O[Si](OCC)(c1ccccc1)c1ccccc1. The Morgan fingerprint density at radius 2 is 1.39 bits per heavy atom. The Bertz CT molecular complexity index is 517. The molecule has 0 bridgehead atoms. The first-order chi connectivity index (χ1) is 11.2. The zero-order chi connectivity index (χ0) is 16.5. The smallest absolute Gasteiger partial charge is 0.388 e. The first kappa shape index (κ1) is 17.9. The van der Waals surface area contributed by atoms with Crippen LogP contribution in [0.15, 0.2) is 60.7 Å². The van der Waals surface area contributed by atoms with Crippen LogP contribution in [0.25, 0.3) is 0 Å². The van der Waals surface area contributed by atoms with Gasteiger partial charge in [-0.05, 0) is 30.6 Å². The molecular weight excluding hydrogens is 300 g/mol. The van der Waals surface area contributed by atoms with Crippen molar-refractivity contribution in [1.29, 1.82) is 0 Å². The third-order valence-corrected chi connectivity index (χ3v) is 7.60. The van der Waals surface area contributed by atoms with Crippen molar-refractivity contribution < 1.29 is 8.85 Å². The minimum absolute atomic E-state index is 0.188. The second-order valence-corrected chi connectivity index (χ2v) is 8.76. The maximum absolute atomic E-state index is 6.67. The Hall–Kier alpha value is -1.42. The maximum atomic E-state index is 6.67. The molecule has 1 unspecified atom stereocenters. The largest absolute Gasteiger partial charge is 0.407 e. The topological polar surface area (TPSA) is 18.5 Å². The van der Waals surface area contributed by atoms with E-state index in [2.05, 4.69) is 62.4 Å². The lowest BCUT2D eigenvalue weighted by Crippen LogP contribution is -2.64. The number of rotatable bonds is 9. The summed E-state index contributed by atoms with van der Waals surface area (Å²) >= 11 is 0. The van der Waals surface area contributed by atoms with Crippen LogP contribution in [0.4, 0.5) is 0 Å². The fraction of sp³-hybridized carbons (Fsp3) is 0.400. The molecule has 0 radical (unpaired) electrons. The quantitative estimate of drug-likeness (QED) is 0.651. The van der Waals surface area contributed by atoms with Crippen LogP contribution >= 0.6 is 0 Å². The molecule has 0 saturated carbocycles. The van der Waals surface area contributed by atoms with Gasteiger partial charge in [0.2, 0.25) is 0 Å². The van der Waals surface area contributed by atoms with Gasteiger partial charge in [-0.2, -0.15) is 0 Å². The molecule has 2 aromatic carbocycles. The summed E-state index contributed by atoms with van der Waals surface area (Å²) in [5, 5.41) is 2.35. The van der Waals surface area contributed by atoms with Gasteiger partial charge in [0.05, 0.1) is 0 Å². The van der Waals surface area contributed by atoms with Crippen molar-refractivity contribution in [3.05, 3.63) is 60.7 Å². The van der Waals surface area contributed by atoms with Crippen LogP contribution in [0, 0.1) is 0 Å². The van der Waals surface area contributed by atoms with Crippen molar-refractivity contribution in [2.24, 2.45) is 0 Å². The molecule has 124 valence electrons. The maximum Gasteiger partial charge on any atom is 0.407 e. The zero-order valence-electron chi connectivity index (χ0n) is 14.5. The second-order valence-electron chi connectivity index (χ2n) is 5.85. The molecule has 0 spiro atoms. The van der Waals surface area contributed by atoms with Crippen molar-refractivity contribution >= 4 is 18.9 Å². The number of hydrogen-bond acceptors (Lipinski definition) is 2.